The minimum absolute atomic E-state index is 0.00809. The van der Waals surface area contributed by atoms with Crippen LogP contribution in [0.4, 0.5) is 5.69 Å². The number of benzene rings is 2. The lowest BCUT2D eigenvalue weighted by Gasteiger charge is -2.33. The number of rotatable bonds is 8. The van der Waals surface area contributed by atoms with Crippen molar-refractivity contribution in [3.63, 3.8) is 0 Å². The molecule has 2 aromatic carbocycles. The number of sulfonamides is 1. The number of anilines is 1. The molecule has 1 aliphatic carbocycles. The second-order valence-electron chi connectivity index (χ2n) is 8.57. The van der Waals surface area contributed by atoms with Gasteiger partial charge in [0.05, 0.1) is 22.7 Å². The first kappa shape index (κ1) is 25.9. The molecule has 1 N–H and O–H groups in total. The third-order valence-corrected chi connectivity index (χ3v) is 8.41. The first-order chi connectivity index (χ1) is 16.6. The Morgan fingerprint density at radius 1 is 1.14 bits per heavy atom. The van der Waals surface area contributed by atoms with Crippen molar-refractivity contribution in [1.29, 1.82) is 0 Å². The molecule has 0 aromatic heterocycles. The Morgan fingerprint density at radius 3 is 2.51 bits per heavy atom. The Kier molecular flexibility index (Phi) is 7.68. The van der Waals surface area contributed by atoms with E-state index in [2.05, 4.69) is 9.62 Å². The van der Waals surface area contributed by atoms with Crippen molar-refractivity contribution in [3.05, 3.63) is 75.9 Å². The van der Waals surface area contributed by atoms with Crippen molar-refractivity contribution < 1.29 is 22.6 Å². The van der Waals surface area contributed by atoms with Crippen LogP contribution in [0.15, 0.2) is 65.3 Å². The molecule has 0 spiro atoms. The normalized spacial score (nSPS) is 23.2. The highest BCUT2D eigenvalue weighted by Gasteiger charge is 2.42. The van der Waals surface area contributed by atoms with E-state index in [1.54, 1.807) is 24.3 Å². The van der Waals surface area contributed by atoms with Gasteiger partial charge in [0.2, 0.25) is 5.06 Å². The van der Waals surface area contributed by atoms with Gasteiger partial charge in [-0.25, -0.2) is 8.42 Å². The SMILES string of the molecule is COC1=CC(c2ccccc2)=C(S(=O)(=O)Nc2ccc(Cl)c(O[C@@H]3CCN(C)C3)c2)CC1(Cl)OC. The molecule has 2 aromatic rings. The van der Waals surface area contributed by atoms with Crippen LogP contribution in [0.2, 0.25) is 5.02 Å². The molecule has 1 fully saturated rings. The molecule has 4 rings (SSSR count). The number of methoxy groups -OCH3 is 2. The van der Waals surface area contributed by atoms with Crippen molar-refractivity contribution in [1.82, 2.24) is 4.90 Å². The fourth-order valence-corrected chi connectivity index (χ4v) is 6.17. The maximum Gasteiger partial charge on any atom is 0.258 e. The van der Waals surface area contributed by atoms with Gasteiger partial charge < -0.3 is 19.1 Å². The van der Waals surface area contributed by atoms with Crippen molar-refractivity contribution in [3.8, 4) is 5.75 Å². The Hall–Kier alpha value is -2.23. The number of ether oxygens (including phenoxy) is 3. The van der Waals surface area contributed by atoms with E-state index in [-0.39, 0.29) is 17.4 Å². The molecule has 1 unspecified atom stereocenters. The summed E-state index contributed by atoms with van der Waals surface area (Å²) in [4.78, 5) is 2.25. The first-order valence-electron chi connectivity index (χ1n) is 11.1. The van der Waals surface area contributed by atoms with E-state index >= 15 is 0 Å². The second-order valence-corrected chi connectivity index (χ2v) is 11.3. The zero-order valence-electron chi connectivity index (χ0n) is 19.8. The van der Waals surface area contributed by atoms with Gasteiger partial charge in [-0.05, 0) is 37.2 Å². The summed E-state index contributed by atoms with van der Waals surface area (Å²) in [6.07, 6.45) is 2.34. The molecule has 1 aliphatic heterocycles. The molecular weight excluding hydrogens is 511 g/mol. The lowest BCUT2D eigenvalue weighted by Crippen LogP contribution is -2.34. The standard InChI is InChI=1S/C25H28Cl2N2O5S/c1-29-12-11-19(16-29)34-22-13-18(9-10-21(22)26)28-35(30,31)23-15-25(27,33-3)24(32-2)14-20(23)17-7-5-4-6-8-17/h4-10,13-14,19,28H,11-12,15-16H2,1-3H3/t19-,25?/m1/s1. The summed E-state index contributed by atoms with van der Waals surface area (Å²) < 4.78 is 47.0. The van der Waals surface area contributed by atoms with E-state index in [0.717, 1.165) is 19.5 Å². The monoisotopic (exact) mass is 538 g/mol. The van der Waals surface area contributed by atoms with Gasteiger partial charge in [-0.1, -0.05) is 53.5 Å². The number of likely N-dealkylation sites (N-methyl/N-ethyl adjacent to an activating group) is 1. The molecular formula is C25H28Cl2N2O5S. The van der Waals surface area contributed by atoms with E-state index in [9.17, 15) is 8.42 Å². The van der Waals surface area contributed by atoms with Crippen LogP contribution in [0, 0.1) is 0 Å². The molecule has 35 heavy (non-hydrogen) atoms. The number of halogens is 2. The van der Waals surface area contributed by atoms with Crippen LogP contribution in [-0.4, -0.2) is 58.8 Å². The van der Waals surface area contributed by atoms with Crippen LogP contribution in [0.5, 0.6) is 5.75 Å². The van der Waals surface area contributed by atoms with E-state index in [1.807, 2.05) is 37.4 Å². The summed E-state index contributed by atoms with van der Waals surface area (Å²) in [6, 6.07) is 14.0. The van der Waals surface area contributed by atoms with Crippen molar-refractivity contribution >= 4 is 44.5 Å². The molecule has 2 aliphatic rings. The number of nitrogens with one attached hydrogen (secondary N) is 1. The quantitative estimate of drug-likeness (QED) is 0.471. The van der Waals surface area contributed by atoms with Gasteiger partial charge in [-0.2, -0.15) is 0 Å². The number of likely N-dealkylation sites (tertiary alicyclic amines) is 1. The molecule has 0 saturated carbocycles. The molecule has 10 heteroatoms. The lowest BCUT2D eigenvalue weighted by molar-refractivity contribution is 0.0458. The average molecular weight is 539 g/mol. The van der Waals surface area contributed by atoms with Gasteiger partial charge in [0.1, 0.15) is 17.6 Å². The first-order valence-corrected chi connectivity index (χ1v) is 13.4. The predicted octanol–water partition coefficient (Wildman–Crippen LogP) is 5.09. The summed E-state index contributed by atoms with van der Waals surface area (Å²) in [5.74, 6) is 0.751. The van der Waals surface area contributed by atoms with Crippen LogP contribution in [-0.2, 0) is 19.5 Å². The second kappa shape index (κ2) is 10.4. The van der Waals surface area contributed by atoms with E-state index in [1.165, 1.54) is 14.2 Å². The molecule has 0 bridgehead atoms. The molecule has 0 amide bonds. The van der Waals surface area contributed by atoms with E-state index in [0.29, 0.717) is 33.4 Å². The van der Waals surface area contributed by atoms with Gasteiger partial charge in [-0.15, -0.1) is 0 Å². The smallest absolute Gasteiger partial charge is 0.258 e. The lowest BCUT2D eigenvalue weighted by atomic mass is 9.96. The third-order valence-electron chi connectivity index (χ3n) is 6.11. The summed E-state index contributed by atoms with van der Waals surface area (Å²) in [6.45, 7) is 1.71. The maximum atomic E-state index is 13.7. The number of allylic oxidation sites excluding steroid dienone is 2. The highest BCUT2D eigenvalue weighted by Crippen LogP contribution is 2.44. The topological polar surface area (TPSA) is 77.1 Å². The molecule has 0 radical (unpaired) electrons. The van der Waals surface area contributed by atoms with Crippen LogP contribution >= 0.6 is 23.2 Å². The summed E-state index contributed by atoms with van der Waals surface area (Å²) in [7, 11) is 0.855. The predicted molar refractivity (Wildman–Crippen MR) is 139 cm³/mol. The Balaban J connectivity index is 1.71. The van der Waals surface area contributed by atoms with Gasteiger partial charge in [0, 0.05) is 38.3 Å². The fourth-order valence-electron chi connectivity index (χ4n) is 4.24. The van der Waals surface area contributed by atoms with Crippen LogP contribution < -0.4 is 9.46 Å². The summed E-state index contributed by atoms with van der Waals surface area (Å²) >= 11 is 13.0. The Bertz CT molecular complexity index is 1250. The molecule has 2 atom stereocenters. The Morgan fingerprint density at radius 2 is 1.89 bits per heavy atom. The van der Waals surface area contributed by atoms with Gasteiger partial charge in [0.15, 0.2) is 0 Å². The fraction of sp³-hybridized carbons (Fsp3) is 0.360. The van der Waals surface area contributed by atoms with E-state index in [4.69, 9.17) is 37.4 Å². The maximum absolute atomic E-state index is 13.7. The highest BCUT2D eigenvalue weighted by molar-refractivity contribution is 7.96. The molecule has 7 nitrogen and oxygen atoms in total. The van der Waals surface area contributed by atoms with Crippen molar-refractivity contribution in [2.75, 3.05) is 39.1 Å². The minimum atomic E-state index is -4.05. The largest absolute Gasteiger partial charge is 0.497 e. The third kappa shape index (κ3) is 5.62. The number of nitrogens with zero attached hydrogens (tertiary/aromatic N) is 1. The Labute approximate surface area is 216 Å². The van der Waals surface area contributed by atoms with Gasteiger partial charge in [0.25, 0.3) is 10.0 Å². The number of hydrogen-bond acceptors (Lipinski definition) is 6. The van der Waals surface area contributed by atoms with E-state index < -0.39 is 15.1 Å². The zero-order chi connectivity index (χ0) is 25.2. The van der Waals surface area contributed by atoms with Crippen molar-refractivity contribution in [2.24, 2.45) is 0 Å². The van der Waals surface area contributed by atoms with Gasteiger partial charge in [-0.3, -0.25) is 4.72 Å². The summed E-state index contributed by atoms with van der Waals surface area (Å²) in [5, 5.41) is -1.05. The van der Waals surface area contributed by atoms with Crippen LogP contribution in [0.3, 0.4) is 0 Å². The number of alkyl halides is 1. The zero-order valence-corrected chi connectivity index (χ0v) is 22.1. The molecule has 1 heterocycles. The number of hydrogen-bond donors (Lipinski definition) is 1. The average Bonchev–Trinajstić information content (AvgIpc) is 3.25. The van der Waals surface area contributed by atoms with Crippen LogP contribution in [0.25, 0.3) is 5.57 Å². The van der Waals surface area contributed by atoms with Gasteiger partial charge >= 0.3 is 0 Å². The van der Waals surface area contributed by atoms with Crippen molar-refractivity contribution in [2.45, 2.75) is 24.0 Å². The molecule has 1 saturated heterocycles. The molecule has 188 valence electrons. The summed E-state index contributed by atoms with van der Waals surface area (Å²) in [5.41, 5.74) is 1.51. The highest BCUT2D eigenvalue weighted by atomic mass is 35.5. The minimum Gasteiger partial charge on any atom is -0.497 e. The van der Waals surface area contributed by atoms with Crippen LogP contribution in [0.1, 0.15) is 18.4 Å².